The van der Waals surface area contributed by atoms with Gasteiger partial charge in [-0.25, -0.2) is 9.59 Å². The molecule has 2 aromatic rings. The molecule has 2 rings (SSSR count). The van der Waals surface area contributed by atoms with Crippen LogP contribution in [0.2, 0.25) is 0 Å². The number of rotatable bonds is 6. The number of nitrogens with zero attached hydrogens (tertiary/aromatic N) is 4. The number of hydrogen-bond acceptors (Lipinski definition) is 7. The second-order valence-electron chi connectivity index (χ2n) is 4.96. The molecule has 1 N–H and O–H groups in total. The summed E-state index contributed by atoms with van der Waals surface area (Å²) in [5, 5.41) is 10.5. The summed E-state index contributed by atoms with van der Waals surface area (Å²) in [6, 6.07) is 1.31. The third-order valence-electron chi connectivity index (χ3n) is 3.26. The van der Waals surface area contributed by atoms with Crippen molar-refractivity contribution in [3.8, 4) is 0 Å². The summed E-state index contributed by atoms with van der Waals surface area (Å²) in [5.41, 5.74) is 0.267. The molecular weight excluding hydrogens is 330 g/mol. The van der Waals surface area contributed by atoms with Crippen LogP contribution < -0.4 is 5.32 Å². The minimum absolute atomic E-state index is 0.00145. The minimum Gasteiger partial charge on any atom is -0.462 e. The van der Waals surface area contributed by atoms with Crippen LogP contribution >= 0.6 is 0 Å². The quantitative estimate of drug-likeness (QED) is 0.765. The van der Waals surface area contributed by atoms with Gasteiger partial charge >= 0.3 is 11.9 Å². The molecule has 10 nitrogen and oxygen atoms in total. The number of anilines is 1. The van der Waals surface area contributed by atoms with Crippen molar-refractivity contribution < 1.29 is 23.9 Å². The van der Waals surface area contributed by atoms with E-state index in [2.05, 4.69) is 15.5 Å². The molecule has 1 amide bonds. The Hall–Kier alpha value is -3.17. The van der Waals surface area contributed by atoms with Crippen LogP contribution in [-0.4, -0.2) is 50.6 Å². The van der Waals surface area contributed by atoms with E-state index in [4.69, 9.17) is 9.47 Å². The number of nitrogens with one attached hydrogen (secondary N) is 1. The lowest BCUT2D eigenvalue weighted by molar-refractivity contribution is 0.0508. The van der Waals surface area contributed by atoms with E-state index in [1.54, 1.807) is 20.9 Å². The second kappa shape index (κ2) is 7.60. The molecule has 0 aromatic carbocycles. The molecule has 0 aliphatic carbocycles. The molecule has 0 bridgehead atoms. The summed E-state index contributed by atoms with van der Waals surface area (Å²) < 4.78 is 12.4. The van der Waals surface area contributed by atoms with Crippen LogP contribution in [0.1, 0.15) is 45.2 Å². The SMILES string of the molecule is CCOC(=O)c1cnn(C)c1NC(=O)c1cc(C(=O)OCC)n(C)n1. The van der Waals surface area contributed by atoms with Gasteiger partial charge in [-0.2, -0.15) is 10.2 Å². The highest BCUT2D eigenvalue weighted by Gasteiger charge is 2.23. The highest BCUT2D eigenvalue weighted by molar-refractivity contribution is 6.07. The summed E-state index contributed by atoms with van der Waals surface area (Å²) >= 11 is 0. The fraction of sp³-hybridized carbons (Fsp3) is 0.400. The highest BCUT2D eigenvalue weighted by Crippen LogP contribution is 2.17. The van der Waals surface area contributed by atoms with Crippen molar-refractivity contribution in [1.82, 2.24) is 19.6 Å². The van der Waals surface area contributed by atoms with Gasteiger partial charge < -0.3 is 14.8 Å². The molecule has 134 valence electrons. The molecule has 0 atom stereocenters. The van der Waals surface area contributed by atoms with Gasteiger partial charge in [-0.15, -0.1) is 0 Å². The van der Waals surface area contributed by atoms with Gasteiger partial charge in [0, 0.05) is 20.2 Å². The first-order valence-electron chi connectivity index (χ1n) is 7.60. The smallest absolute Gasteiger partial charge is 0.356 e. The number of ether oxygens (including phenoxy) is 2. The fourth-order valence-electron chi connectivity index (χ4n) is 2.09. The molecule has 0 unspecified atom stereocenters. The van der Waals surface area contributed by atoms with Gasteiger partial charge in [0.05, 0.1) is 19.4 Å². The van der Waals surface area contributed by atoms with Crippen molar-refractivity contribution in [3.63, 3.8) is 0 Å². The van der Waals surface area contributed by atoms with Gasteiger partial charge in [-0.1, -0.05) is 0 Å². The Morgan fingerprint density at radius 3 is 2.36 bits per heavy atom. The Bertz CT molecular complexity index is 807. The first-order chi connectivity index (χ1) is 11.9. The molecule has 25 heavy (non-hydrogen) atoms. The summed E-state index contributed by atoms with van der Waals surface area (Å²) in [6.07, 6.45) is 1.30. The lowest BCUT2D eigenvalue weighted by Gasteiger charge is -2.06. The topological polar surface area (TPSA) is 117 Å². The van der Waals surface area contributed by atoms with Gasteiger partial charge in [0.2, 0.25) is 0 Å². The molecule has 0 aliphatic heterocycles. The van der Waals surface area contributed by atoms with Crippen LogP contribution in [0.25, 0.3) is 0 Å². The highest BCUT2D eigenvalue weighted by atomic mass is 16.5. The maximum absolute atomic E-state index is 12.4. The Morgan fingerprint density at radius 1 is 1.08 bits per heavy atom. The molecular formula is C15H19N5O5. The van der Waals surface area contributed by atoms with E-state index in [1.165, 1.54) is 28.7 Å². The molecule has 0 saturated heterocycles. The molecule has 0 spiro atoms. The van der Waals surface area contributed by atoms with Crippen molar-refractivity contribution in [2.45, 2.75) is 13.8 Å². The van der Waals surface area contributed by atoms with Crippen molar-refractivity contribution in [2.24, 2.45) is 14.1 Å². The maximum Gasteiger partial charge on any atom is 0.356 e. The number of carbonyl (C=O) groups excluding carboxylic acids is 3. The van der Waals surface area contributed by atoms with Gasteiger partial charge in [0.15, 0.2) is 5.69 Å². The van der Waals surface area contributed by atoms with Crippen LogP contribution in [0.5, 0.6) is 0 Å². The normalized spacial score (nSPS) is 10.4. The monoisotopic (exact) mass is 349 g/mol. The average Bonchev–Trinajstić information content (AvgIpc) is 3.12. The van der Waals surface area contributed by atoms with Crippen molar-refractivity contribution >= 4 is 23.7 Å². The van der Waals surface area contributed by atoms with E-state index in [9.17, 15) is 14.4 Å². The zero-order valence-electron chi connectivity index (χ0n) is 14.4. The summed E-state index contributed by atoms with van der Waals surface area (Å²) in [7, 11) is 3.10. The Balaban J connectivity index is 2.24. The Morgan fingerprint density at radius 2 is 1.72 bits per heavy atom. The third-order valence-corrected chi connectivity index (χ3v) is 3.26. The Kier molecular flexibility index (Phi) is 5.52. The van der Waals surface area contributed by atoms with Crippen LogP contribution in [-0.2, 0) is 23.6 Å². The largest absolute Gasteiger partial charge is 0.462 e. The minimum atomic E-state index is -0.598. The number of esters is 2. The third kappa shape index (κ3) is 3.84. The van der Waals surface area contributed by atoms with Gasteiger partial charge in [0.1, 0.15) is 17.1 Å². The molecule has 2 aromatic heterocycles. The van der Waals surface area contributed by atoms with Crippen LogP contribution in [0, 0.1) is 0 Å². The maximum atomic E-state index is 12.4. The number of amides is 1. The fourth-order valence-corrected chi connectivity index (χ4v) is 2.09. The number of carbonyl (C=O) groups is 3. The summed E-state index contributed by atoms with van der Waals surface area (Å²) in [5.74, 6) is -1.60. The van der Waals surface area contributed by atoms with E-state index < -0.39 is 17.8 Å². The van der Waals surface area contributed by atoms with Gasteiger partial charge in [-0.05, 0) is 13.8 Å². The average molecular weight is 349 g/mol. The standard InChI is InChI=1S/C15H19N5O5/c1-5-24-14(22)9-8-16-20(4)12(9)17-13(21)10-7-11(19(3)18-10)15(23)25-6-2/h7-8H,5-6H2,1-4H3,(H,17,21). The summed E-state index contributed by atoms with van der Waals surface area (Å²) in [4.78, 5) is 36.1. The van der Waals surface area contributed by atoms with Crippen molar-refractivity contribution in [1.29, 1.82) is 0 Å². The number of hydrogen-bond donors (Lipinski definition) is 1. The first kappa shape index (κ1) is 18.2. The molecule has 0 aliphatic rings. The first-order valence-corrected chi connectivity index (χ1v) is 7.60. The zero-order valence-corrected chi connectivity index (χ0v) is 14.4. The predicted octanol–water partition coefficient (Wildman–Crippen LogP) is 0.759. The summed E-state index contributed by atoms with van der Waals surface area (Å²) in [6.45, 7) is 3.77. The zero-order chi connectivity index (χ0) is 18.6. The van der Waals surface area contributed by atoms with Crippen molar-refractivity contribution in [3.05, 3.63) is 29.2 Å². The van der Waals surface area contributed by atoms with Gasteiger partial charge in [-0.3, -0.25) is 14.2 Å². The van der Waals surface area contributed by atoms with Crippen molar-refractivity contribution in [2.75, 3.05) is 18.5 Å². The van der Waals surface area contributed by atoms with E-state index in [1.807, 2.05) is 0 Å². The lowest BCUT2D eigenvalue weighted by atomic mass is 10.3. The number of aryl methyl sites for hydroxylation is 2. The van der Waals surface area contributed by atoms with Crippen LogP contribution in [0.3, 0.4) is 0 Å². The molecule has 0 saturated carbocycles. The lowest BCUT2D eigenvalue weighted by Crippen LogP contribution is -2.18. The second-order valence-corrected chi connectivity index (χ2v) is 4.96. The van der Waals surface area contributed by atoms with E-state index in [0.29, 0.717) is 0 Å². The number of aromatic nitrogens is 4. The van der Waals surface area contributed by atoms with E-state index in [-0.39, 0.29) is 36.0 Å². The van der Waals surface area contributed by atoms with Gasteiger partial charge in [0.25, 0.3) is 5.91 Å². The van der Waals surface area contributed by atoms with E-state index >= 15 is 0 Å². The van der Waals surface area contributed by atoms with Crippen LogP contribution in [0.15, 0.2) is 12.3 Å². The van der Waals surface area contributed by atoms with E-state index in [0.717, 1.165) is 0 Å². The Labute approximate surface area is 143 Å². The molecule has 10 heteroatoms. The molecule has 2 heterocycles. The molecule has 0 fully saturated rings. The predicted molar refractivity (Wildman–Crippen MR) is 86.3 cm³/mol. The molecule has 0 radical (unpaired) electrons. The van der Waals surface area contributed by atoms with Crippen LogP contribution in [0.4, 0.5) is 5.82 Å².